The highest BCUT2D eigenvalue weighted by Crippen LogP contribution is 2.22. The molecular weight excluding hydrogens is 216 g/mol. The van der Waals surface area contributed by atoms with Crippen molar-refractivity contribution in [3.63, 3.8) is 0 Å². The molecule has 2 nitrogen and oxygen atoms in total. The molecule has 84 valence electrons. The van der Waals surface area contributed by atoms with E-state index in [-0.39, 0.29) is 0 Å². The SMILES string of the molecule is CCc1csc(NC(C)c2ccccc2)n1. The molecule has 0 spiro atoms. The number of nitrogens with zero attached hydrogens (tertiary/aromatic N) is 1. The second kappa shape index (κ2) is 5.12. The lowest BCUT2D eigenvalue weighted by Crippen LogP contribution is -2.06. The topological polar surface area (TPSA) is 24.9 Å². The zero-order valence-corrected chi connectivity index (χ0v) is 10.4. The lowest BCUT2D eigenvalue weighted by Gasteiger charge is -2.12. The predicted molar refractivity (Wildman–Crippen MR) is 70.0 cm³/mol. The maximum absolute atomic E-state index is 4.50. The third-order valence-corrected chi connectivity index (χ3v) is 3.38. The van der Waals surface area contributed by atoms with Gasteiger partial charge in [0.05, 0.1) is 11.7 Å². The molecular formula is C13H16N2S. The van der Waals surface area contributed by atoms with Crippen molar-refractivity contribution in [1.29, 1.82) is 0 Å². The summed E-state index contributed by atoms with van der Waals surface area (Å²) in [5.74, 6) is 0. The van der Waals surface area contributed by atoms with Gasteiger partial charge in [0.1, 0.15) is 0 Å². The number of nitrogens with one attached hydrogen (secondary N) is 1. The van der Waals surface area contributed by atoms with Crippen LogP contribution in [0, 0.1) is 0 Å². The van der Waals surface area contributed by atoms with Gasteiger partial charge in [-0.3, -0.25) is 0 Å². The molecule has 0 saturated heterocycles. The maximum Gasteiger partial charge on any atom is 0.183 e. The van der Waals surface area contributed by atoms with Crippen LogP contribution >= 0.6 is 11.3 Å². The minimum Gasteiger partial charge on any atom is -0.355 e. The third kappa shape index (κ3) is 2.61. The number of hydrogen-bond donors (Lipinski definition) is 1. The van der Waals surface area contributed by atoms with Crippen LogP contribution in [0.1, 0.15) is 31.1 Å². The number of anilines is 1. The standard InChI is InChI=1S/C13H16N2S/c1-3-12-9-16-13(15-12)14-10(2)11-7-5-4-6-8-11/h4-10H,3H2,1-2H3,(H,14,15). The van der Waals surface area contributed by atoms with E-state index in [2.05, 4.69) is 53.8 Å². The molecule has 0 aliphatic heterocycles. The first-order valence-corrected chi connectivity index (χ1v) is 6.43. The van der Waals surface area contributed by atoms with E-state index in [1.165, 1.54) is 5.56 Å². The monoisotopic (exact) mass is 232 g/mol. The number of aromatic nitrogens is 1. The maximum atomic E-state index is 4.50. The first kappa shape index (κ1) is 11.1. The van der Waals surface area contributed by atoms with Crippen LogP contribution in [-0.2, 0) is 6.42 Å². The van der Waals surface area contributed by atoms with Crippen LogP contribution in [0.25, 0.3) is 0 Å². The van der Waals surface area contributed by atoms with Gasteiger partial charge in [0.2, 0.25) is 0 Å². The Morgan fingerprint density at radius 2 is 2.06 bits per heavy atom. The number of rotatable bonds is 4. The van der Waals surface area contributed by atoms with Crippen LogP contribution in [0.3, 0.4) is 0 Å². The molecule has 0 aliphatic carbocycles. The molecule has 1 aromatic heterocycles. The molecule has 0 aliphatic rings. The fourth-order valence-corrected chi connectivity index (χ4v) is 2.43. The molecule has 2 aromatic rings. The van der Waals surface area contributed by atoms with Crippen molar-refractivity contribution in [3.8, 4) is 0 Å². The van der Waals surface area contributed by atoms with Gasteiger partial charge in [0.25, 0.3) is 0 Å². The van der Waals surface area contributed by atoms with Crippen LogP contribution in [0.2, 0.25) is 0 Å². The number of thiazole rings is 1. The largest absolute Gasteiger partial charge is 0.355 e. The Bertz CT molecular complexity index is 436. The quantitative estimate of drug-likeness (QED) is 0.865. The van der Waals surface area contributed by atoms with Crippen molar-refractivity contribution < 1.29 is 0 Å². The fraction of sp³-hybridized carbons (Fsp3) is 0.308. The minimum atomic E-state index is 0.303. The molecule has 1 unspecified atom stereocenters. The molecule has 1 heterocycles. The van der Waals surface area contributed by atoms with Gasteiger partial charge in [-0.25, -0.2) is 4.98 Å². The van der Waals surface area contributed by atoms with Crippen molar-refractivity contribution >= 4 is 16.5 Å². The second-order valence-electron chi connectivity index (χ2n) is 3.77. The van der Waals surface area contributed by atoms with E-state index in [0.29, 0.717) is 6.04 Å². The zero-order chi connectivity index (χ0) is 11.4. The summed E-state index contributed by atoms with van der Waals surface area (Å²) in [6, 6.07) is 10.7. The smallest absolute Gasteiger partial charge is 0.183 e. The van der Waals surface area contributed by atoms with E-state index < -0.39 is 0 Å². The van der Waals surface area contributed by atoms with Gasteiger partial charge in [-0.1, -0.05) is 37.3 Å². The van der Waals surface area contributed by atoms with Crippen molar-refractivity contribution in [2.24, 2.45) is 0 Å². The van der Waals surface area contributed by atoms with Crippen LogP contribution in [-0.4, -0.2) is 4.98 Å². The first-order valence-electron chi connectivity index (χ1n) is 5.55. The summed E-state index contributed by atoms with van der Waals surface area (Å²) in [7, 11) is 0. The van der Waals surface area contributed by atoms with E-state index in [1.807, 2.05) is 6.07 Å². The molecule has 0 amide bonds. The minimum absolute atomic E-state index is 0.303. The highest BCUT2D eigenvalue weighted by atomic mass is 32.1. The van der Waals surface area contributed by atoms with Crippen molar-refractivity contribution in [2.75, 3.05) is 5.32 Å². The summed E-state index contributed by atoms with van der Waals surface area (Å²) in [6.45, 7) is 4.28. The van der Waals surface area contributed by atoms with E-state index >= 15 is 0 Å². The number of benzene rings is 1. The van der Waals surface area contributed by atoms with E-state index in [1.54, 1.807) is 11.3 Å². The van der Waals surface area contributed by atoms with Gasteiger partial charge < -0.3 is 5.32 Å². The summed E-state index contributed by atoms with van der Waals surface area (Å²) in [5.41, 5.74) is 2.45. The average Bonchev–Trinajstić information content (AvgIpc) is 2.78. The molecule has 1 N–H and O–H groups in total. The summed E-state index contributed by atoms with van der Waals surface area (Å²) < 4.78 is 0. The lowest BCUT2D eigenvalue weighted by atomic mass is 10.1. The molecule has 0 fully saturated rings. The molecule has 16 heavy (non-hydrogen) atoms. The van der Waals surface area contributed by atoms with Crippen LogP contribution in [0.5, 0.6) is 0 Å². The van der Waals surface area contributed by atoms with Crippen LogP contribution in [0.4, 0.5) is 5.13 Å². The Morgan fingerprint density at radius 3 is 2.69 bits per heavy atom. The van der Waals surface area contributed by atoms with E-state index in [4.69, 9.17) is 0 Å². The average molecular weight is 232 g/mol. The second-order valence-corrected chi connectivity index (χ2v) is 4.63. The van der Waals surface area contributed by atoms with Gasteiger partial charge in [0, 0.05) is 5.38 Å². The highest BCUT2D eigenvalue weighted by molar-refractivity contribution is 7.13. The summed E-state index contributed by atoms with van der Waals surface area (Å²) >= 11 is 1.67. The zero-order valence-electron chi connectivity index (χ0n) is 9.60. The Balaban J connectivity index is 2.05. The summed E-state index contributed by atoms with van der Waals surface area (Å²) in [4.78, 5) is 4.50. The Morgan fingerprint density at radius 1 is 1.31 bits per heavy atom. The van der Waals surface area contributed by atoms with Gasteiger partial charge in [-0.2, -0.15) is 0 Å². The number of aryl methyl sites for hydroxylation is 1. The Labute approximate surface area is 100 Å². The highest BCUT2D eigenvalue weighted by Gasteiger charge is 2.06. The van der Waals surface area contributed by atoms with Crippen LogP contribution < -0.4 is 5.32 Å². The molecule has 3 heteroatoms. The van der Waals surface area contributed by atoms with Gasteiger partial charge in [-0.15, -0.1) is 11.3 Å². The summed E-state index contributed by atoms with van der Waals surface area (Å²) in [5, 5.41) is 6.54. The normalized spacial score (nSPS) is 12.4. The van der Waals surface area contributed by atoms with E-state index in [0.717, 1.165) is 17.2 Å². The van der Waals surface area contributed by atoms with Gasteiger partial charge in [0.15, 0.2) is 5.13 Å². The lowest BCUT2D eigenvalue weighted by molar-refractivity contribution is 0.878. The molecule has 0 saturated carbocycles. The van der Waals surface area contributed by atoms with Gasteiger partial charge in [-0.05, 0) is 18.9 Å². The third-order valence-electron chi connectivity index (χ3n) is 2.55. The first-order chi connectivity index (χ1) is 7.79. The van der Waals surface area contributed by atoms with Gasteiger partial charge >= 0.3 is 0 Å². The Hall–Kier alpha value is -1.35. The van der Waals surface area contributed by atoms with E-state index in [9.17, 15) is 0 Å². The van der Waals surface area contributed by atoms with Crippen molar-refractivity contribution in [3.05, 3.63) is 47.0 Å². The molecule has 0 radical (unpaired) electrons. The molecule has 1 atom stereocenters. The van der Waals surface area contributed by atoms with Crippen LogP contribution in [0.15, 0.2) is 35.7 Å². The molecule has 1 aromatic carbocycles. The molecule has 0 bridgehead atoms. The fourth-order valence-electron chi connectivity index (χ4n) is 1.55. The van der Waals surface area contributed by atoms with Crippen molar-refractivity contribution in [2.45, 2.75) is 26.3 Å². The summed E-state index contributed by atoms with van der Waals surface area (Å²) in [6.07, 6.45) is 0.998. The Kier molecular flexibility index (Phi) is 3.57. The number of hydrogen-bond acceptors (Lipinski definition) is 3. The van der Waals surface area contributed by atoms with Crippen molar-refractivity contribution in [1.82, 2.24) is 4.98 Å². The predicted octanol–water partition coefficient (Wildman–Crippen LogP) is 3.88. The molecule has 2 rings (SSSR count).